The molecule has 1 saturated heterocycles. The molecule has 0 radical (unpaired) electrons. The van der Waals surface area contributed by atoms with Gasteiger partial charge in [-0.15, -0.1) is 0 Å². The van der Waals surface area contributed by atoms with Crippen molar-refractivity contribution < 1.29 is 4.79 Å². The number of rotatable bonds is 5. The molecule has 1 aliphatic carbocycles. The molecule has 0 aromatic carbocycles. The number of amides is 2. The van der Waals surface area contributed by atoms with Crippen molar-refractivity contribution in [3.05, 3.63) is 0 Å². The molecule has 2 aliphatic rings. The Labute approximate surface area is 110 Å². The smallest absolute Gasteiger partial charge is 0.314 e. The zero-order valence-electron chi connectivity index (χ0n) is 11.7. The average Bonchev–Trinajstić information content (AvgIpc) is 3.10. The number of nitrogens with one attached hydrogen (secondary N) is 1. The molecule has 1 saturated carbocycles. The van der Waals surface area contributed by atoms with Crippen molar-refractivity contribution >= 4 is 6.03 Å². The minimum absolute atomic E-state index is 0.258. The number of primary amides is 1. The predicted octanol–water partition coefficient (Wildman–Crippen LogP) is 1.80. The van der Waals surface area contributed by atoms with Crippen LogP contribution in [-0.2, 0) is 0 Å². The number of carbonyl (C=O) groups excluding carboxylic acids is 1. The van der Waals surface area contributed by atoms with E-state index in [4.69, 9.17) is 5.73 Å². The topological polar surface area (TPSA) is 58.4 Å². The lowest BCUT2D eigenvalue weighted by atomic mass is 9.89. The van der Waals surface area contributed by atoms with Crippen LogP contribution >= 0.6 is 0 Å². The fraction of sp³-hybridized carbons (Fsp3) is 0.929. The first kappa shape index (κ1) is 13.7. The van der Waals surface area contributed by atoms with Crippen LogP contribution in [0.4, 0.5) is 4.79 Å². The Balaban J connectivity index is 1.85. The molecule has 0 aromatic heterocycles. The van der Waals surface area contributed by atoms with Crippen molar-refractivity contribution in [2.24, 2.45) is 23.5 Å². The zero-order valence-corrected chi connectivity index (χ0v) is 11.7. The Kier molecular flexibility index (Phi) is 4.49. The first-order chi connectivity index (χ1) is 8.54. The van der Waals surface area contributed by atoms with E-state index in [-0.39, 0.29) is 6.03 Å². The van der Waals surface area contributed by atoms with E-state index in [1.807, 2.05) is 4.90 Å². The third-order valence-corrected chi connectivity index (χ3v) is 4.03. The summed E-state index contributed by atoms with van der Waals surface area (Å²) in [6.07, 6.45) is 5.25. The average molecular weight is 253 g/mol. The van der Waals surface area contributed by atoms with Crippen molar-refractivity contribution in [2.45, 2.75) is 45.6 Å². The Morgan fingerprint density at radius 3 is 2.61 bits per heavy atom. The van der Waals surface area contributed by atoms with Gasteiger partial charge < -0.3 is 16.0 Å². The van der Waals surface area contributed by atoms with E-state index in [2.05, 4.69) is 19.2 Å². The molecule has 4 heteroatoms. The first-order valence-corrected chi connectivity index (χ1v) is 7.32. The molecule has 2 amide bonds. The zero-order chi connectivity index (χ0) is 13.1. The number of hydrogen-bond donors (Lipinski definition) is 2. The van der Waals surface area contributed by atoms with E-state index in [1.165, 1.54) is 25.7 Å². The van der Waals surface area contributed by atoms with E-state index < -0.39 is 0 Å². The van der Waals surface area contributed by atoms with Crippen LogP contribution in [0.2, 0.25) is 0 Å². The van der Waals surface area contributed by atoms with Gasteiger partial charge in [-0.25, -0.2) is 4.79 Å². The summed E-state index contributed by atoms with van der Waals surface area (Å²) < 4.78 is 0. The van der Waals surface area contributed by atoms with Crippen molar-refractivity contribution in [3.8, 4) is 0 Å². The van der Waals surface area contributed by atoms with Crippen molar-refractivity contribution in [3.63, 3.8) is 0 Å². The second-order valence-corrected chi connectivity index (χ2v) is 6.52. The van der Waals surface area contributed by atoms with E-state index >= 15 is 0 Å². The second-order valence-electron chi connectivity index (χ2n) is 6.52. The maximum atomic E-state index is 11.4. The Bertz CT molecular complexity index is 289. The molecular formula is C14H27N3O. The summed E-state index contributed by atoms with van der Waals surface area (Å²) in [5.41, 5.74) is 5.45. The van der Waals surface area contributed by atoms with E-state index in [0.29, 0.717) is 17.9 Å². The van der Waals surface area contributed by atoms with Crippen LogP contribution in [0.1, 0.15) is 39.5 Å². The van der Waals surface area contributed by atoms with Gasteiger partial charge in [0.25, 0.3) is 0 Å². The van der Waals surface area contributed by atoms with Gasteiger partial charge in [-0.3, -0.25) is 0 Å². The molecule has 104 valence electrons. The number of nitrogens with zero attached hydrogens (tertiary/aromatic N) is 1. The molecule has 3 N–H and O–H groups in total. The molecule has 18 heavy (non-hydrogen) atoms. The molecule has 4 nitrogen and oxygen atoms in total. The maximum absolute atomic E-state index is 11.4. The highest BCUT2D eigenvalue weighted by Gasteiger charge is 2.33. The molecule has 0 spiro atoms. The van der Waals surface area contributed by atoms with Gasteiger partial charge in [-0.1, -0.05) is 26.7 Å². The number of nitrogens with two attached hydrogens (primary N) is 1. The molecule has 2 fully saturated rings. The molecule has 1 aliphatic heterocycles. The number of piperidine rings is 1. The van der Waals surface area contributed by atoms with Crippen LogP contribution in [0.15, 0.2) is 0 Å². The fourth-order valence-corrected chi connectivity index (χ4v) is 2.93. The minimum Gasteiger partial charge on any atom is -0.351 e. The molecule has 0 bridgehead atoms. The Hall–Kier alpha value is -0.770. The van der Waals surface area contributed by atoms with Gasteiger partial charge in [0, 0.05) is 19.1 Å². The highest BCUT2D eigenvalue weighted by molar-refractivity contribution is 5.72. The predicted molar refractivity (Wildman–Crippen MR) is 73.2 cm³/mol. The monoisotopic (exact) mass is 253 g/mol. The van der Waals surface area contributed by atoms with Gasteiger partial charge in [0.15, 0.2) is 0 Å². The maximum Gasteiger partial charge on any atom is 0.314 e. The summed E-state index contributed by atoms with van der Waals surface area (Å²) in [6.45, 7) is 7.09. The largest absolute Gasteiger partial charge is 0.351 e. The number of hydrogen-bond acceptors (Lipinski definition) is 2. The number of carbonyl (C=O) groups is 1. The minimum atomic E-state index is -0.258. The van der Waals surface area contributed by atoms with E-state index in [0.717, 1.165) is 25.6 Å². The SMILES string of the molecule is CC(C)CNC1CC(CC2CC2)CN(C(N)=O)C1. The normalized spacial score (nSPS) is 28.7. The summed E-state index contributed by atoms with van der Waals surface area (Å²) in [5, 5.41) is 3.58. The van der Waals surface area contributed by atoms with Crippen LogP contribution in [0.25, 0.3) is 0 Å². The van der Waals surface area contributed by atoms with Crippen LogP contribution in [0.3, 0.4) is 0 Å². The van der Waals surface area contributed by atoms with Crippen molar-refractivity contribution in [1.82, 2.24) is 10.2 Å². The quantitative estimate of drug-likeness (QED) is 0.785. The van der Waals surface area contributed by atoms with E-state index in [9.17, 15) is 4.79 Å². The highest BCUT2D eigenvalue weighted by Crippen LogP contribution is 2.37. The molecule has 0 aromatic rings. The Morgan fingerprint density at radius 1 is 1.33 bits per heavy atom. The summed E-state index contributed by atoms with van der Waals surface area (Å²) in [7, 11) is 0. The fourth-order valence-electron chi connectivity index (χ4n) is 2.93. The summed E-state index contributed by atoms with van der Waals surface area (Å²) in [4.78, 5) is 13.2. The summed E-state index contributed by atoms with van der Waals surface area (Å²) >= 11 is 0. The third kappa shape index (κ3) is 4.16. The lowest BCUT2D eigenvalue weighted by Gasteiger charge is -2.37. The van der Waals surface area contributed by atoms with Gasteiger partial charge in [-0.2, -0.15) is 0 Å². The highest BCUT2D eigenvalue weighted by atomic mass is 16.2. The van der Waals surface area contributed by atoms with Crippen LogP contribution in [0.5, 0.6) is 0 Å². The summed E-state index contributed by atoms with van der Waals surface area (Å²) in [6, 6.07) is 0.171. The molecule has 1 heterocycles. The van der Waals surface area contributed by atoms with Crippen LogP contribution in [-0.4, -0.2) is 36.6 Å². The van der Waals surface area contributed by atoms with Gasteiger partial charge in [0.05, 0.1) is 0 Å². The number of likely N-dealkylation sites (tertiary alicyclic amines) is 1. The standard InChI is InChI=1S/C14H27N3O/c1-10(2)7-16-13-6-12(5-11-3-4-11)8-17(9-13)14(15)18/h10-13,16H,3-9H2,1-2H3,(H2,15,18). The molecule has 2 rings (SSSR count). The van der Waals surface area contributed by atoms with Crippen molar-refractivity contribution in [1.29, 1.82) is 0 Å². The number of urea groups is 1. The van der Waals surface area contributed by atoms with Gasteiger partial charge in [0.1, 0.15) is 0 Å². The summed E-state index contributed by atoms with van der Waals surface area (Å²) in [5.74, 6) is 2.22. The molecular weight excluding hydrogens is 226 g/mol. The first-order valence-electron chi connectivity index (χ1n) is 7.32. The van der Waals surface area contributed by atoms with Gasteiger partial charge >= 0.3 is 6.03 Å². The molecule has 2 atom stereocenters. The molecule has 2 unspecified atom stereocenters. The van der Waals surface area contributed by atoms with Gasteiger partial charge in [0.2, 0.25) is 0 Å². The van der Waals surface area contributed by atoms with Crippen molar-refractivity contribution in [2.75, 3.05) is 19.6 Å². The second kappa shape index (κ2) is 5.91. The van der Waals surface area contributed by atoms with Crippen LogP contribution < -0.4 is 11.1 Å². The van der Waals surface area contributed by atoms with Crippen LogP contribution in [0, 0.1) is 17.8 Å². The lowest BCUT2D eigenvalue weighted by Crippen LogP contribution is -2.53. The van der Waals surface area contributed by atoms with Gasteiger partial charge in [-0.05, 0) is 37.1 Å². The lowest BCUT2D eigenvalue weighted by molar-refractivity contribution is 0.145. The van der Waals surface area contributed by atoms with E-state index in [1.54, 1.807) is 0 Å². The Morgan fingerprint density at radius 2 is 2.06 bits per heavy atom. The third-order valence-electron chi connectivity index (χ3n) is 4.03.